The first-order valence-corrected chi connectivity index (χ1v) is 18.2. The maximum atomic E-state index is 15.0. The zero-order valence-corrected chi connectivity index (χ0v) is 30.2. The molecule has 3 aliphatic heterocycles. The quantitative estimate of drug-likeness (QED) is 0.256. The summed E-state index contributed by atoms with van der Waals surface area (Å²) in [5.74, 6) is 0.486. The molecule has 8 rings (SSSR count). The maximum Gasteiger partial charge on any atom is 0.272 e. The van der Waals surface area contributed by atoms with E-state index in [0.29, 0.717) is 55.1 Å². The third kappa shape index (κ3) is 6.50. The molecular formula is C41H40FN9O3. The molecule has 4 aliphatic rings. The summed E-state index contributed by atoms with van der Waals surface area (Å²) in [6.45, 7) is 9.91. The lowest BCUT2D eigenvalue weighted by molar-refractivity contribution is 0.0742. The Kier molecular flexibility index (Phi) is 9.22. The smallest absolute Gasteiger partial charge is 0.272 e. The van der Waals surface area contributed by atoms with E-state index in [2.05, 4.69) is 41.2 Å². The highest BCUT2D eigenvalue weighted by Gasteiger charge is 2.26. The van der Waals surface area contributed by atoms with Gasteiger partial charge in [-0.3, -0.25) is 9.59 Å². The molecule has 2 N–H and O–H groups in total. The Morgan fingerprint density at radius 3 is 2.50 bits per heavy atom. The topological polar surface area (TPSA) is 145 Å². The fourth-order valence-electron chi connectivity index (χ4n) is 7.92. The van der Waals surface area contributed by atoms with Crippen molar-refractivity contribution >= 4 is 40.5 Å². The van der Waals surface area contributed by atoms with E-state index in [-0.39, 0.29) is 34.4 Å². The van der Waals surface area contributed by atoms with E-state index in [1.807, 2.05) is 31.2 Å². The summed E-state index contributed by atoms with van der Waals surface area (Å²) >= 11 is 0. The summed E-state index contributed by atoms with van der Waals surface area (Å²) in [6.07, 6.45) is 8.16. The fourth-order valence-corrected chi connectivity index (χ4v) is 7.92. The van der Waals surface area contributed by atoms with E-state index in [4.69, 9.17) is 4.98 Å². The molecule has 1 saturated carbocycles. The number of aliphatic hydroxyl groups is 1. The van der Waals surface area contributed by atoms with E-state index >= 15 is 4.39 Å². The normalized spacial score (nSPS) is 16.1. The third-order valence-electron chi connectivity index (χ3n) is 10.7. The van der Waals surface area contributed by atoms with Crippen molar-refractivity contribution in [1.82, 2.24) is 34.6 Å². The van der Waals surface area contributed by atoms with Gasteiger partial charge in [0.2, 0.25) is 0 Å². The molecule has 274 valence electrons. The molecule has 1 amide bonds. The number of pyridine rings is 2. The highest BCUT2D eigenvalue weighted by molar-refractivity contribution is 5.95. The number of H-pyrrole nitrogens is 1. The Bertz CT molecular complexity index is 2620. The number of anilines is 1. The number of rotatable bonds is 6. The van der Waals surface area contributed by atoms with Crippen LogP contribution in [0.5, 0.6) is 0 Å². The van der Waals surface area contributed by atoms with Crippen molar-refractivity contribution in [3.8, 4) is 11.4 Å². The maximum absolute atomic E-state index is 15.0. The Morgan fingerprint density at radius 1 is 1.02 bits per heavy atom. The molecule has 1 aliphatic carbocycles. The highest BCUT2D eigenvalue weighted by atomic mass is 19.1. The fraction of sp³-hybridized carbons (Fsp3) is 0.293. The Hall–Kier alpha value is -6.24. The van der Waals surface area contributed by atoms with Crippen LogP contribution in [0.2, 0.25) is 0 Å². The van der Waals surface area contributed by atoms with Crippen molar-refractivity contribution in [1.29, 1.82) is 0 Å². The Morgan fingerprint density at radius 2 is 1.78 bits per heavy atom. The van der Waals surface area contributed by atoms with Gasteiger partial charge in [-0.1, -0.05) is 43.7 Å². The first kappa shape index (κ1) is 34.8. The van der Waals surface area contributed by atoms with Crippen molar-refractivity contribution in [2.75, 3.05) is 31.1 Å². The number of nitrogens with one attached hydrogen (secondary N) is 1. The molecule has 1 saturated heterocycles. The van der Waals surface area contributed by atoms with Crippen LogP contribution in [0.15, 0.2) is 76.8 Å². The van der Waals surface area contributed by atoms with Gasteiger partial charge in [0, 0.05) is 66.4 Å². The zero-order valence-electron chi connectivity index (χ0n) is 30.2. The van der Waals surface area contributed by atoms with E-state index in [1.54, 1.807) is 48.5 Å². The van der Waals surface area contributed by atoms with E-state index in [9.17, 15) is 14.7 Å². The molecule has 0 unspecified atom stereocenters. The molecule has 0 spiro atoms. The molecule has 2 aromatic carbocycles. The van der Waals surface area contributed by atoms with Crippen molar-refractivity contribution < 1.29 is 14.3 Å². The molecule has 54 heavy (non-hydrogen) atoms. The van der Waals surface area contributed by atoms with Gasteiger partial charge in [-0.25, -0.2) is 19.5 Å². The zero-order chi connectivity index (χ0) is 37.5. The second-order valence-corrected chi connectivity index (χ2v) is 14.0. The third-order valence-corrected chi connectivity index (χ3v) is 10.7. The number of benzene rings is 2. The van der Waals surface area contributed by atoms with Crippen LogP contribution in [0.3, 0.4) is 0 Å². The second-order valence-electron chi connectivity index (χ2n) is 14.0. The minimum absolute atomic E-state index is 0.0100. The number of carbonyl (C=O) groups is 1. The lowest BCUT2D eigenvalue weighted by atomic mass is 10.0. The van der Waals surface area contributed by atoms with Crippen LogP contribution in [0.25, 0.3) is 34.5 Å². The van der Waals surface area contributed by atoms with Crippen molar-refractivity contribution in [2.24, 2.45) is 4.99 Å². The second kappa shape index (κ2) is 14.3. The first-order chi connectivity index (χ1) is 26.2. The number of aromatic amines is 1. The lowest BCUT2D eigenvalue weighted by Crippen LogP contribution is -2.49. The molecule has 0 radical (unpaired) electrons. The van der Waals surface area contributed by atoms with Gasteiger partial charge in [0.25, 0.3) is 17.1 Å². The van der Waals surface area contributed by atoms with E-state index in [0.717, 1.165) is 64.3 Å². The predicted molar refractivity (Wildman–Crippen MR) is 205 cm³/mol. The molecule has 5 heterocycles. The van der Waals surface area contributed by atoms with Crippen LogP contribution in [-0.2, 0) is 6.42 Å². The minimum atomic E-state index is -0.580. The number of hydrogen-bond acceptors (Lipinski definition) is 9. The van der Waals surface area contributed by atoms with Crippen molar-refractivity contribution in [3.05, 3.63) is 122 Å². The lowest BCUT2D eigenvalue weighted by Gasteiger charge is -2.36. The van der Waals surface area contributed by atoms with Gasteiger partial charge < -0.3 is 19.5 Å². The van der Waals surface area contributed by atoms with Gasteiger partial charge in [-0.05, 0) is 68.1 Å². The average molecular weight is 726 g/mol. The molecule has 2 aromatic heterocycles. The van der Waals surface area contributed by atoms with Crippen LogP contribution >= 0.6 is 0 Å². The van der Waals surface area contributed by atoms with Gasteiger partial charge in [0.05, 0.1) is 34.3 Å². The van der Waals surface area contributed by atoms with Gasteiger partial charge in [0.15, 0.2) is 5.82 Å². The molecule has 0 atom stereocenters. The number of fused-ring (bicyclic) bond motifs is 2. The number of aliphatic hydroxyl groups excluding tert-OH is 1. The van der Waals surface area contributed by atoms with Gasteiger partial charge in [0.1, 0.15) is 11.6 Å². The van der Waals surface area contributed by atoms with Gasteiger partial charge in [-0.2, -0.15) is 15.1 Å². The van der Waals surface area contributed by atoms with Crippen LogP contribution in [0.1, 0.15) is 65.8 Å². The summed E-state index contributed by atoms with van der Waals surface area (Å²) in [7, 11) is 0. The number of hydrogen-bond donors (Lipinski definition) is 2. The summed E-state index contributed by atoms with van der Waals surface area (Å²) in [5.41, 5.74) is 4.00. The molecule has 4 aromatic rings. The number of aromatic nitrogens is 6. The molecular weight excluding hydrogens is 686 g/mol. The molecule has 12 nitrogen and oxygen atoms in total. The average Bonchev–Trinajstić information content (AvgIpc) is 3.71. The Labute approximate surface area is 310 Å². The van der Waals surface area contributed by atoms with Crippen LogP contribution < -0.4 is 26.6 Å². The number of carbonyl (C=O) groups excluding carboxylic acids is 1. The molecule has 13 heteroatoms. The highest BCUT2D eigenvalue weighted by Crippen LogP contribution is 2.32. The van der Waals surface area contributed by atoms with Crippen LogP contribution in [0.4, 0.5) is 15.9 Å². The SMILES string of the molecule is C=c1c(=C(C)O)c(C)c2cnc(=Nc3ccc(N4CCN(C(=O)c5cc(Cc6n[nH]c(=O)c7ccccc67)ccc5F)CC4)cn3)nc-2n1C1CCCC1. The number of nitrogens with zero attached hydrogens (tertiary/aromatic N) is 8. The summed E-state index contributed by atoms with van der Waals surface area (Å²) < 4.78 is 17.2. The number of piperazine rings is 1. The number of amides is 1. The largest absolute Gasteiger partial charge is 0.512 e. The van der Waals surface area contributed by atoms with E-state index in [1.165, 1.54) is 6.07 Å². The number of halogens is 1. The summed E-state index contributed by atoms with van der Waals surface area (Å²) in [5, 5.41) is 20.0. The standard InChI is InChI=1S/C41H40FN9O3/c1-24-33-23-44-41(46-38(33)51(28-8-4-5-9-28)25(2)37(24)26(3)52)45-36-15-13-29(22-43-36)49-16-18-50(19-17-49)40(54)32-20-27(12-14-34(32)42)21-35-30-10-6-7-11-31(30)39(53)48-47-35/h6-7,10-15,20,22-23,28,52H,2,4-5,8-9,16-19,21H2,1,3H3,(H,48,53). The minimum Gasteiger partial charge on any atom is -0.512 e. The Balaban J connectivity index is 0.971. The predicted octanol–water partition coefficient (Wildman–Crippen LogP) is 4.46. The van der Waals surface area contributed by atoms with Crippen LogP contribution in [-0.4, -0.2) is 71.8 Å². The van der Waals surface area contributed by atoms with Crippen LogP contribution in [0, 0.1) is 12.7 Å². The summed E-state index contributed by atoms with van der Waals surface area (Å²) in [6, 6.07) is 15.7. The first-order valence-electron chi connectivity index (χ1n) is 18.2. The molecule has 2 fully saturated rings. The monoisotopic (exact) mass is 725 g/mol. The van der Waals surface area contributed by atoms with Crippen molar-refractivity contribution in [2.45, 2.75) is 52.0 Å². The van der Waals surface area contributed by atoms with E-state index < -0.39 is 5.82 Å². The van der Waals surface area contributed by atoms with Crippen molar-refractivity contribution in [3.63, 3.8) is 0 Å². The summed E-state index contributed by atoms with van der Waals surface area (Å²) in [4.78, 5) is 48.2. The van der Waals surface area contributed by atoms with Gasteiger partial charge in [-0.15, -0.1) is 0 Å². The van der Waals surface area contributed by atoms with Gasteiger partial charge >= 0.3 is 0 Å². The molecule has 0 bridgehead atoms.